The smallest absolute Gasteiger partial charge is 0.258 e. The molecule has 27 heavy (non-hydrogen) atoms. The lowest BCUT2D eigenvalue weighted by Gasteiger charge is -2.36. The van der Waals surface area contributed by atoms with Crippen LogP contribution in [0.25, 0.3) is 0 Å². The molecule has 0 aliphatic carbocycles. The van der Waals surface area contributed by atoms with Crippen molar-refractivity contribution < 1.29 is 14.3 Å². The predicted octanol–water partition coefficient (Wildman–Crippen LogP) is 2.42. The Labute approximate surface area is 168 Å². The average Bonchev–Trinajstić information content (AvgIpc) is 3.21. The molecular weight excluding hydrogens is 366 g/mol. The highest BCUT2D eigenvalue weighted by atomic mass is 35.5. The van der Waals surface area contributed by atoms with Crippen molar-refractivity contribution in [3.8, 4) is 11.5 Å². The van der Waals surface area contributed by atoms with Crippen LogP contribution in [0.4, 0.5) is 0 Å². The van der Waals surface area contributed by atoms with Crippen LogP contribution in [-0.2, 0) is 0 Å². The summed E-state index contributed by atoms with van der Waals surface area (Å²) < 4.78 is 10.9. The Hall–Kier alpha value is -1.50. The van der Waals surface area contributed by atoms with Crippen molar-refractivity contribution in [1.82, 2.24) is 15.1 Å². The van der Waals surface area contributed by atoms with Crippen LogP contribution in [0.3, 0.4) is 0 Å². The van der Waals surface area contributed by atoms with E-state index in [1.807, 2.05) is 23.1 Å². The number of para-hydroxylation sites is 1. The first kappa shape index (κ1) is 21.8. The van der Waals surface area contributed by atoms with Gasteiger partial charge in [0.25, 0.3) is 5.91 Å². The molecule has 6 nitrogen and oxygen atoms in total. The van der Waals surface area contributed by atoms with Crippen molar-refractivity contribution in [2.45, 2.75) is 31.7 Å². The number of amides is 1. The maximum Gasteiger partial charge on any atom is 0.258 e. The zero-order valence-corrected chi connectivity index (χ0v) is 17.2. The zero-order chi connectivity index (χ0) is 18.4. The molecule has 0 saturated carbocycles. The molecule has 3 rings (SSSR count). The number of hydrogen-bond acceptors (Lipinski definition) is 5. The van der Waals surface area contributed by atoms with Gasteiger partial charge in [-0.1, -0.05) is 6.07 Å². The summed E-state index contributed by atoms with van der Waals surface area (Å²) in [6.07, 6.45) is 4.68. The van der Waals surface area contributed by atoms with Gasteiger partial charge in [0.15, 0.2) is 11.5 Å². The van der Waals surface area contributed by atoms with Gasteiger partial charge in [0.2, 0.25) is 0 Å². The number of ether oxygens (including phenoxy) is 2. The fourth-order valence-electron chi connectivity index (χ4n) is 4.02. The number of nitrogens with one attached hydrogen (secondary N) is 1. The van der Waals surface area contributed by atoms with E-state index >= 15 is 0 Å². The summed E-state index contributed by atoms with van der Waals surface area (Å²) in [5.41, 5.74) is 0.582. The van der Waals surface area contributed by atoms with Crippen molar-refractivity contribution in [3.63, 3.8) is 0 Å². The van der Waals surface area contributed by atoms with Crippen molar-refractivity contribution in [3.05, 3.63) is 23.8 Å². The van der Waals surface area contributed by atoms with Gasteiger partial charge >= 0.3 is 0 Å². The maximum absolute atomic E-state index is 13.4. The van der Waals surface area contributed by atoms with E-state index in [0.717, 1.165) is 52.1 Å². The molecule has 2 saturated heterocycles. The number of nitrogens with zero attached hydrogens (tertiary/aromatic N) is 2. The van der Waals surface area contributed by atoms with Crippen LogP contribution in [0.5, 0.6) is 11.5 Å². The van der Waals surface area contributed by atoms with E-state index in [0.29, 0.717) is 17.1 Å². The summed E-state index contributed by atoms with van der Waals surface area (Å²) in [7, 11) is 3.19. The fraction of sp³-hybridized carbons (Fsp3) is 0.650. The second-order valence-corrected chi connectivity index (χ2v) is 7.09. The first-order valence-corrected chi connectivity index (χ1v) is 9.69. The Balaban J connectivity index is 0.00000261. The number of piperidine rings is 1. The third kappa shape index (κ3) is 5.27. The molecule has 1 aromatic rings. The van der Waals surface area contributed by atoms with E-state index in [9.17, 15) is 4.79 Å². The normalized spacial score (nSPS) is 20.0. The molecule has 2 aliphatic heterocycles. The van der Waals surface area contributed by atoms with Crippen molar-refractivity contribution >= 4 is 18.3 Å². The summed E-state index contributed by atoms with van der Waals surface area (Å²) in [6, 6.07) is 5.75. The standard InChI is InChI=1S/C20H31N3O3.ClH/c1-25-18-9-5-8-17(19(18)26-2)20(24)23(16-7-6-10-21-15-16)14-13-22-11-3-4-12-22;/h5,8-9,16,21H,3-4,6-7,10-15H2,1-2H3;1H. The average molecular weight is 398 g/mol. The third-order valence-electron chi connectivity index (χ3n) is 5.46. The van der Waals surface area contributed by atoms with Gasteiger partial charge in [-0.15, -0.1) is 12.4 Å². The SMILES string of the molecule is COc1cccc(C(=O)N(CCN2CCCC2)C2CCCNC2)c1OC.Cl. The van der Waals surface area contributed by atoms with E-state index in [2.05, 4.69) is 10.2 Å². The van der Waals surface area contributed by atoms with Crippen LogP contribution in [0.2, 0.25) is 0 Å². The number of carbonyl (C=O) groups excluding carboxylic acids is 1. The summed E-state index contributed by atoms with van der Waals surface area (Å²) in [4.78, 5) is 17.9. The number of benzene rings is 1. The maximum atomic E-state index is 13.4. The molecule has 0 aromatic heterocycles. The fourth-order valence-corrected chi connectivity index (χ4v) is 4.02. The van der Waals surface area contributed by atoms with E-state index in [-0.39, 0.29) is 24.4 Å². The number of hydrogen-bond donors (Lipinski definition) is 1. The lowest BCUT2D eigenvalue weighted by Crippen LogP contribution is -2.51. The minimum Gasteiger partial charge on any atom is -0.493 e. The quantitative estimate of drug-likeness (QED) is 0.765. The molecular formula is C20H32ClN3O3. The van der Waals surface area contributed by atoms with Crippen LogP contribution in [0.15, 0.2) is 18.2 Å². The van der Waals surface area contributed by atoms with Gasteiger partial charge in [-0.3, -0.25) is 4.79 Å². The molecule has 0 radical (unpaired) electrons. The highest BCUT2D eigenvalue weighted by Crippen LogP contribution is 2.32. The van der Waals surface area contributed by atoms with E-state index in [1.54, 1.807) is 14.2 Å². The summed E-state index contributed by atoms with van der Waals surface area (Å²) in [6.45, 7) is 5.88. The van der Waals surface area contributed by atoms with E-state index < -0.39 is 0 Å². The Bertz CT molecular complexity index is 602. The van der Waals surface area contributed by atoms with Crippen molar-refractivity contribution in [2.24, 2.45) is 0 Å². The van der Waals surface area contributed by atoms with Crippen LogP contribution in [0.1, 0.15) is 36.0 Å². The van der Waals surface area contributed by atoms with E-state index in [4.69, 9.17) is 9.47 Å². The van der Waals surface area contributed by atoms with Crippen molar-refractivity contribution in [1.29, 1.82) is 0 Å². The number of carbonyl (C=O) groups is 1. The lowest BCUT2D eigenvalue weighted by molar-refractivity contribution is 0.0623. The largest absolute Gasteiger partial charge is 0.493 e. The number of methoxy groups -OCH3 is 2. The molecule has 2 heterocycles. The minimum atomic E-state index is 0. The molecule has 2 aliphatic rings. The van der Waals surface area contributed by atoms with Crippen LogP contribution in [0, 0.1) is 0 Å². The second kappa shape index (κ2) is 10.7. The zero-order valence-electron chi connectivity index (χ0n) is 16.4. The van der Waals surface area contributed by atoms with Gasteiger partial charge < -0.3 is 24.6 Å². The molecule has 0 bridgehead atoms. The monoisotopic (exact) mass is 397 g/mol. The van der Waals surface area contributed by atoms with Gasteiger partial charge in [0.1, 0.15) is 0 Å². The van der Waals surface area contributed by atoms with Crippen LogP contribution in [-0.4, -0.2) is 75.2 Å². The Morgan fingerprint density at radius 3 is 2.63 bits per heavy atom. The lowest BCUT2D eigenvalue weighted by atomic mass is 10.0. The van der Waals surface area contributed by atoms with Crippen LogP contribution >= 0.6 is 12.4 Å². The molecule has 1 unspecified atom stereocenters. The topological polar surface area (TPSA) is 54.0 Å². The number of halogens is 1. The van der Waals surface area contributed by atoms with Crippen LogP contribution < -0.4 is 14.8 Å². The molecule has 152 valence electrons. The van der Waals surface area contributed by atoms with E-state index in [1.165, 1.54) is 12.8 Å². The molecule has 7 heteroatoms. The second-order valence-electron chi connectivity index (χ2n) is 7.09. The van der Waals surface area contributed by atoms with Crippen molar-refractivity contribution in [2.75, 3.05) is 53.5 Å². The summed E-state index contributed by atoms with van der Waals surface area (Å²) in [5.74, 6) is 1.16. The molecule has 1 aromatic carbocycles. The Morgan fingerprint density at radius 1 is 1.22 bits per heavy atom. The third-order valence-corrected chi connectivity index (χ3v) is 5.46. The highest BCUT2D eigenvalue weighted by molar-refractivity contribution is 5.98. The van der Waals surface area contributed by atoms with Gasteiger partial charge in [-0.2, -0.15) is 0 Å². The molecule has 1 N–H and O–H groups in total. The number of rotatable bonds is 7. The van der Waals surface area contributed by atoms with Gasteiger partial charge in [-0.05, 0) is 57.5 Å². The van der Waals surface area contributed by atoms with Gasteiger partial charge in [-0.25, -0.2) is 0 Å². The number of likely N-dealkylation sites (tertiary alicyclic amines) is 1. The minimum absolute atomic E-state index is 0. The van der Waals surface area contributed by atoms with Gasteiger partial charge in [0, 0.05) is 25.7 Å². The predicted molar refractivity (Wildman–Crippen MR) is 109 cm³/mol. The highest BCUT2D eigenvalue weighted by Gasteiger charge is 2.29. The molecule has 1 amide bonds. The first-order valence-electron chi connectivity index (χ1n) is 9.69. The molecule has 0 spiro atoms. The summed E-state index contributed by atoms with van der Waals surface area (Å²) in [5, 5.41) is 3.44. The molecule has 2 fully saturated rings. The Kier molecular flexibility index (Phi) is 8.67. The Morgan fingerprint density at radius 2 is 2.00 bits per heavy atom. The van der Waals surface area contributed by atoms with Gasteiger partial charge in [0.05, 0.1) is 19.8 Å². The summed E-state index contributed by atoms with van der Waals surface area (Å²) >= 11 is 0. The first-order chi connectivity index (χ1) is 12.7. The molecule has 1 atom stereocenters.